The van der Waals surface area contributed by atoms with Crippen molar-refractivity contribution >= 4 is 23.8 Å². The zero-order valence-corrected chi connectivity index (χ0v) is 16.0. The molecule has 8 heteroatoms. The maximum Gasteiger partial charge on any atom is 0.409 e. The smallest absolute Gasteiger partial charge is 0.409 e. The van der Waals surface area contributed by atoms with Crippen LogP contribution in [-0.4, -0.2) is 65.9 Å². The monoisotopic (exact) mass is 387 g/mol. The average Bonchev–Trinajstić information content (AvgIpc) is 2.94. The molecule has 150 valence electrons. The lowest BCUT2D eigenvalue weighted by molar-refractivity contribution is -0.122. The van der Waals surface area contributed by atoms with Gasteiger partial charge in [0.2, 0.25) is 5.91 Å². The second-order valence-electron chi connectivity index (χ2n) is 6.94. The predicted octanol–water partition coefficient (Wildman–Crippen LogP) is 1.80. The first kappa shape index (κ1) is 19.9. The van der Waals surface area contributed by atoms with Crippen LogP contribution in [0.15, 0.2) is 24.3 Å². The Kier molecular flexibility index (Phi) is 6.28. The molecule has 0 aliphatic carbocycles. The molecule has 28 heavy (non-hydrogen) atoms. The summed E-state index contributed by atoms with van der Waals surface area (Å²) in [5, 5.41) is 2.97. The molecule has 0 radical (unpaired) electrons. The summed E-state index contributed by atoms with van der Waals surface area (Å²) in [4.78, 5) is 51.3. The van der Waals surface area contributed by atoms with Gasteiger partial charge in [0.15, 0.2) is 0 Å². The molecule has 8 nitrogen and oxygen atoms in total. The van der Waals surface area contributed by atoms with Crippen molar-refractivity contribution in [3.05, 3.63) is 35.4 Å². The van der Waals surface area contributed by atoms with Crippen LogP contribution in [0.2, 0.25) is 0 Å². The van der Waals surface area contributed by atoms with Crippen LogP contribution in [0.1, 0.15) is 53.3 Å². The summed E-state index contributed by atoms with van der Waals surface area (Å²) in [6, 6.07) is 6.77. The summed E-state index contributed by atoms with van der Waals surface area (Å²) >= 11 is 0. The lowest BCUT2D eigenvalue weighted by Crippen LogP contribution is -2.46. The second-order valence-corrected chi connectivity index (χ2v) is 6.94. The largest absolute Gasteiger partial charge is 0.450 e. The van der Waals surface area contributed by atoms with E-state index in [-0.39, 0.29) is 42.8 Å². The number of likely N-dealkylation sites (tertiary alicyclic amines) is 1. The molecule has 0 bridgehead atoms. The number of nitrogens with zero attached hydrogens (tertiary/aromatic N) is 2. The van der Waals surface area contributed by atoms with Crippen LogP contribution < -0.4 is 5.32 Å². The molecule has 2 aliphatic rings. The molecule has 1 aromatic rings. The van der Waals surface area contributed by atoms with E-state index in [9.17, 15) is 19.2 Å². The zero-order chi connectivity index (χ0) is 20.1. The molecule has 2 aliphatic heterocycles. The fourth-order valence-electron chi connectivity index (χ4n) is 3.56. The third-order valence-electron chi connectivity index (χ3n) is 5.05. The minimum atomic E-state index is -0.312. The highest BCUT2D eigenvalue weighted by Gasteiger charge is 2.34. The van der Waals surface area contributed by atoms with Gasteiger partial charge in [-0.1, -0.05) is 12.1 Å². The number of hydrogen-bond donors (Lipinski definition) is 1. The molecular formula is C20H25N3O5. The van der Waals surface area contributed by atoms with Gasteiger partial charge in [-0.3, -0.25) is 19.3 Å². The van der Waals surface area contributed by atoms with Crippen molar-refractivity contribution in [1.82, 2.24) is 15.1 Å². The number of imide groups is 1. The Bertz CT molecular complexity index is 736. The van der Waals surface area contributed by atoms with Crippen LogP contribution in [0, 0.1) is 0 Å². The number of rotatable bonds is 6. The maximum atomic E-state index is 12.3. The third-order valence-corrected chi connectivity index (χ3v) is 5.05. The minimum absolute atomic E-state index is 0.0254. The molecule has 0 aromatic heterocycles. The highest BCUT2D eigenvalue weighted by molar-refractivity contribution is 6.21. The van der Waals surface area contributed by atoms with Crippen molar-refractivity contribution in [3.63, 3.8) is 0 Å². The van der Waals surface area contributed by atoms with E-state index in [4.69, 9.17) is 4.74 Å². The van der Waals surface area contributed by atoms with Crippen molar-refractivity contribution in [1.29, 1.82) is 0 Å². The summed E-state index contributed by atoms with van der Waals surface area (Å²) in [5.74, 6) is -0.703. The number of amides is 4. The predicted molar refractivity (Wildman–Crippen MR) is 101 cm³/mol. The third kappa shape index (κ3) is 4.32. The van der Waals surface area contributed by atoms with Gasteiger partial charge in [0.05, 0.1) is 17.7 Å². The van der Waals surface area contributed by atoms with E-state index in [1.165, 1.54) is 4.90 Å². The first-order valence-electron chi connectivity index (χ1n) is 9.67. The summed E-state index contributed by atoms with van der Waals surface area (Å²) in [6.07, 6.45) is 1.71. The average molecular weight is 387 g/mol. The van der Waals surface area contributed by atoms with Gasteiger partial charge in [-0.15, -0.1) is 0 Å². The van der Waals surface area contributed by atoms with Gasteiger partial charge in [-0.2, -0.15) is 0 Å². The number of ether oxygens (including phenoxy) is 1. The van der Waals surface area contributed by atoms with Crippen LogP contribution in [0.25, 0.3) is 0 Å². The van der Waals surface area contributed by atoms with Crippen LogP contribution in [-0.2, 0) is 9.53 Å². The van der Waals surface area contributed by atoms with Gasteiger partial charge < -0.3 is 15.0 Å². The second kappa shape index (κ2) is 8.86. The van der Waals surface area contributed by atoms with E-state index < -0.39 is 0 Å². The van der Waals surface area contributed by atoms with Gasteiger partial charge in [-0.25, -0.2) is 4.79 Å². The van der Waals surface area contributed by atoms with Crippen LogP contribution in [0.3, 0.4) is 0 Å². The molecule has 1 N–H and O–H groups in total. The first-order valence-corrected chi connectivity index (χ1v) is 9.67. The van der Waals surface area contributed by atoms with Gasteiger partial charge >= 0.3 is 6.09 Å². The standard InChI is InChI=1S/C20H25N3O5/c1-2-28-20(27)22-12-9-14(10-13-22)21-17(24)8-5-11-23-18(25)15-6-3-4-7-16(15)19(23)26/h3-4,6-7,14H,2,5,8-13H2,1H3,(H,21,24). The molecule has 3 rings (SSSR count). The fourth-order valence-corrected chi connectivity index (χ4v) is 3.56. The number of nitrogens with one attached hydrogen (secondary N) is 1. The molecule has 0 atom stereocenters. The fraction of sp³-hybridized carbons (Fsp3) is 0.500. The molecule has 0 saturated carbocycles. The van der Waals surface area contributed by atoms with E-state index in [0.29, 0.717) is 50.1 Å². The first-order chi connectivity index (χ1) is 13.5. The molecule has 1 saturated heterocycles. The molecule has 4 amide bonds. The van der Waals surface area contributed by atoms with Crippen molar-refractivity contribution in [2.24, 2.45) is 0 Å². The van der Waals surface area contributed by atoms with Crippen molar-refractivity contribution in [2.75, 3.05) is 26.2 Å². The summed E-state index contributed by atoms with van der Waals surface area (Å²) in [7, 11) is 0. The normalized spacial score (nSPS) is 16.9. The van der Waals surface area contributed by atoms with Crippen molar-refractivity contribution in [2.45, 2.75) is 38.6 Å². The highest BCUT2D eigenvalue weighted by atomic mass is 16.6. The summed E-state index contributed by atoms with van der Waals surface area (Å²) in [5.41, 5.74) is 0.843. The molecule has 1 fully saturated rings. The van der Waals surface area contributed by atoms with E-state index >= 15 is 0 Å². The van der Waals surface area contributed by atoms with Crippen LogP contribution in [0.5, 0.6) is 0 Å². The SMILES string of the molecule is CCOC(=O)N1CCC(NC(=O)CCCN2C(=O)c3ccccc3C2=O)CC1. The van der Waals surface area contributed by atoms with E-state index in [1.54, 1.807) is 36.1 Å². The molecule has 0 spiro atoms. The Morgan fingerprint density at radius 1 is 1.11 bits per heavy atom. The molecular weight excluding hydrogens is 362 g/mol. The Morgan fingerprint density at radius 3 is 2.29 bits per heavy atom. The van der Waals surface area contributed by atoms with Gasteiger partial charge in [-0.05, 0) is 38.3 Å². The number of hydrogen-bond acceptors (Lipinski definition) is 5. The Balaban J connectivity index is 1.39. The van der Waals surface area contributed by atoms with Gasteiger partial charge in [0.25, 0.3) is 11.8 Å². The van der Waals surface area contributed by atoms with Crippen molar-refractivity contribution in [3.8, 4) is 0 Å². The Hall–Kier alpha value is -2.90. The number of carbonyl (C=O) groups is 4. The van der Waals surface area contributed by atoms with E-state index in [2.05, 4.69) is 5.32 Å². The van der Waals surface area contributed by atoms with Crippen LogP contribution >= 0.6 is 0 Å². The quantitative estimate of drug-likeness (QED) is 0.751. The Morgan fingerprint density at radius 2 is 1.71 bits per heavy atom. The lowest BCUT2D eigenvalue weighted by atomic mass is 10.1. The summed E-state index contributed by atoms with van der Waals surface area (Å²) in [6.45, 7) is 3.45. The maximum absolute atomic E-state index is 12.3. The minimum Gasteiger partial charge on any atom is -0.450 e. The number of piperidine rings is 1. The number of benzene rings is 1. The molecule has 2 heterocycles. The lowest BCUT2D eigenvalue weighted by Gasteiger charge is -2.31. The Labute approximate surface area is 163 Å². The topological polar surface area (TPSA) is 96.0 Å². The number of carbonyl (C=O) groups excluding carboxylic acids is 4. The molecule has 1 aromatic carbocycles. The van der Waals surface area contributed by atoms with Crippen LogP contribution in [0.4, 0.5) is 4.79 Å². The summed E-state index contributed by atoms with van der Waals surface area (Å²) < 4.78 is 4.98. The van der Waals surface area contributed by atoms with Crippen molar-refractivity contribution < 1.29 is 23.9 Å². The zero-order valence-electron chi connectivity index (χ0n) is 16.0. The van der Waals surface area contributed by atoms with Gasteiger partial charge in [0.1, 0.15) is 0 Å². The molecule has 0 unspecified atom stereocenters. The van der Waals surface area contributed by atoms with E-state index in [1.807, 2.05) is 0 Å². The van der Waals surface area contributed by atoms with Gasteiger partial charge in [0, 0.05) is 32.1 Å². The number of fused-ring (bicyclic) bond motifs is 1. The van der Waals surface area contributed by atoms with E-state index in [0.717, 1.165) is 0 Å². The highest BCUT2D eigenvalue weighted by Crippen LogP contribution is 2.22.